The van der Waals surface area contributed by atoms with Gasteiger partial charge in [-0.05, 0) is 54.7 Å². The van der Waals surface area contributed by atoms with Crippen LogP contribution < -0.4 is 16.0 Å². The van der Waals surface area contributed by atoms with Crippen LogP contribution in [-0.4, -0.2) is 53.0 Å². The Morgan fingerprint density at radius 1 is 1.19 bits per heavy atom. The van der Waals surface area contributed by atoms with Gasteiger partial charge in [-0.1, -0.05) is 12.1 Å². The van der Waals surface area contributed by atoms with E-state index in [0.717, 1.165) is 49.4 Å². The van der Waals surface area contributed by atoms with Crippen LogP contribution in [0.4, 0.5) is 25.3 Å². The number of morpholine rings is 1. The highest BCUT2D eigenvalue weighted by Gasteiger charge is 2.29. The van der Waals surface area contributed by atoms with E-state index < -0.39 is 18.4 Å². The molecule has 1 amide bonds. The summed E-state index contributed by atoms with van der Waals surface area (Å²) < 4.78 is 36.4. The van der Waals surface area contributed by atoms with E-state index in [9.17, 15) is 13.6 Å². The van der Waals surface area contributed by atoms with Gasteiger partial charge in [0.1, 0.15) is 0 Å². The number of nitrogen functional groups attached to an aromatic ring is 1. The lowest BCUT2D eigenvalue weighted by atomic mass is 9.92. The summed E-state index contributed by atoms with van der Waals surface area (Å²) in [5, 5.41) is 4.94. The first kappa shape index (κ1) is 28.0. The lowest BCUT2D eigenvalue weighted by Crippen LogP contribution is -2.36. The van der Waals surface area contributed by atoms with Crippen molar-refractivity contribution in [3.8, 4) is 11.1 Å². The number of carbonyl (C=O) groups is 1. The minimum atomic E-state index is -2.81. The van der Waals surface area contributed by atoms with E-state index in [1.807, 2.05) is 35.8 Å². The van der Waals surface area contributed by atoms with Gasteiger partial charge in [0.15, 0.2) is 11.2 Å². The number of fused-ring (bicyclic) bond motifs is 1. The largest absolute Gasteiger partial charge is 0.398 e. The van der Waals surface area contributed by atoms with Crippen molar-refractivity contribution in [2.45, 2.75) is 38.8 Å². The molecule has 0 radical (unpaired) electrons. The summed E-state index contributed by atoms with van der Waals surface area (Å²) in [5.41, 5.74) is 11.1. The molecule has 0 bridgehead atoms. The minimum Gasteiger partial charge on any atom is -0.398 e. The molecular formula is C30H31F2N7O2S. The highest BCUT2D eigenvalue weighted by molar-refractivity contribution is 7.13. The fraction of sp³-hybridized carbons (Fsp3) is 0.333. The second-order valence-electron chi connectivity index (χ2n) is 10.3. The highest BCUT2D eigenvalue weighted by Crippen LogP contribution is 2.37. The van der Waals surface area contributed by atoms with Gasteiger partial charge < -0.3 is 19.9 Å². The fourth-order valence-electron chi connectivity index (χ4n) is 5.55. The van der Waals surface area contributed by atoms with Gasteiger partial charge in [0.2, 0.25) is 0 Å². The summed E-state index contributed by atoms with van der Waals surface area (Å²) in [5.74, 6) is -0.444. The third-order valence-corrected chi connectivity index (χ3v) is 8.50. The van der Waals surface area contributed by atoms with E-state index in [1.54, 1.807) is 17.9 Å². The molecule has 0 aliphatic carbocycles. The number of ether oxygens (including phenoxy) is 1. The Kier molecular flexibility index (Phi) is 7.98. The Balaban J connectivity index is 1.35. The Bertz CT molecular complexity index is 1600. The SMILES string of the molecule is Cc1c(-c2ccc(N3CCOCC3)cc2)cc(C(F)F)c(C=NC(C(=O)Nc2nccs2)c2ncn3c2CCC3)c1N. The maximum absolute atomic E-state index is 14.5. The fourth-order valence-corrected chi connectivity index (χ4v) is 6.08. The molecule has 4 heterocycles. The molecule has 218 valence electrons. The average Bonchev–Trinajstić information content (AvgIpc) is 3.76. The minimum absolute atomic E-state index is 0.0964. The number of aliphatic imine (C=N–C) groups is 1. The van der Waals surface area contributed by atoms with Gasteiger partial charge in [-0.3, -0.25) is 15.1 Å². The summed E-state index contributed by atoms with van der Waals surface area (Å²) >= 11 is 1.28. The molecule has 2 aromatic carbocycles. The number of aryl methyl sites for hydroxylation is 1. The van der Waals surface area contributed by atoms with Crippen molar-refractivity contribution < 1.29 is 18.3 Å². The number of alkyl halides is 2. The number of anilines is 3. The molecule has 6 rings (SSSR count). The smallest absolute Gasteiger partial charge is 0.264 e. The summed E-state index contributed by atoms with van der Waals surface area (Å²) in [6, 6.07) is 8.24. The summed E-state index contributed by atoms with van der Waals surface area (Å²) in [4.78, 5) is 28.8. The van der Waals surface area contributed by atoms with Gasteiger partial charge in [-0.2, -0.15) is 0 Å². The van der Waals surface area contributed by atoms with E-state index in [0.29, 0.717) is 35.2 Å². The molecule has 0 saturated carbocycles. The van der Waals surface area contributed by atoms with Crippen molar-refractivity contribution in [3.05, 3.63) is 76.3 Å². The van der Waals surface area contributed by atoms with Gasteiger partial charge in [0, 0.05) is 65.6 Å². The molecule has 1 saturated heterocycles. The zero-order valence-corrected chi connectivity index (χ0v) is 23.9. The standard InChI is InChI=1S/C30H31F2N7O2S/c1-18-21(19-4-6-20(7-5-19)38-10-12-41-13-11-38)15-22(28(31)32)23(25(18)33)16-35-27(29(40)37-30-34-8-14-42-30)26-24-3-2-9-39(24)17-36-26/h4-8,14-17,27-28H,2-3,9-13,33H2,1H3,(H,34,37,40). The zero-order valence-electron chi connectivity index (χ0n) is 23.1. The summed E-state index contributed by atoms with van der Waals surface area (Å²) in [7, 11) is 0. The number of nitrogens with zero attached hydrogens (tertiary/aromatic N) is 5. The van der Waals surface area contributed by atoms with Crippen LogP contribution in [-0.2, 0) is 22.5 Å². The van der Waals surface area contributed by atoms with Gasteiger partial charge in [-0.25, -0.2) is 18.7 Å². The number of carbonyl (C=O) groups excluding carboxylic acids is 1. The Labute approximate surface area is 246 Å². The molecule has 1 unspecified atom stereocenters. The third kappa shape index (κ3) is 5.51. The van der Waals surface area contributed by atoms with Crippen LogP contribution in [0.2, 0.25) is 0 Å². The number of imidazole rings is 1. The number of benzene rings is 2. The number of thiazole rings is 1. The summed E-state index contributed by atoms with van der Waals surface area (Å²) in [6.45, 7) is 5.58. The van der Waals surface area contributed by atoms with Crippen molar-refractivity contribution in [2.75, 3.05) is 42.3 Å². The topological polar surface area (TPSA) is 111 Å². The number of rotatable bonds is 8. The summed E-state index contributed by atoms with van der Waals surface area (Å²) in [6.07, 6.45) is 3.46. The lowest BCUT2D eigenvalue weighted by molar-refractivity contribution is -0.117. The number of hydrogen-bond acceptors (Lipinski definition) is 8. The third-order valence-electron chi connectivity index (χ3n) is 7.81. The molecule has 1 atom stereocenters. The van der Waals surface area contributed by atoms with Crippen LogP contribution in [0.25, 0.3) is 11.1 Å². The molecule has 2 aromatic heterocycles. The van der Waals surface area contributed by atoms with E-state index in [-0.39, 0.29) is 16.8 Å². The van der Waals surface area contributed by atoms with Crippen molar-refractivity contribution in [3.63, 3.8) is 0 Å². The van der Waals surface area contributed by atoms with Gasteiger partial charge in [-0.15, -0.1) is 11.3 Å². The van der Waals surface area contributed by atoms with Crippen molar-refractivity contribution >= 4 is 40.0 Å². The number of hydrogen-bond donors (Lipinski definition) is 2. The molecule has 42 heavy (non-hydrogen) atoms. The average molecular weight is 592 g/mol. The normalized spacial score (nSPS) is 15.9. The van der Waals surface area contributed by atoms with Crippen LogP contribution in [0.15, 0.2) is 53.2 Å². The maximum Gasteiger partial charge on any atom is 0.264 e. The maximum atomic E-state index is 14.5. The molecule has 1 fully saturated rings. The van der Waals surface area contributed by atoms with Crippen molar-refractivity contribution in [1.82, 2.24) is 14.5 Å². The van der Waals surface area contributed by atoms with Gasteiger partial charge in [0.25, 0.3) is 12.3 Å². The molecule has 9 nitrogen and oxygen atoms in total. The quantitative estimate of drug-likeness (QED) is 0.209. The molecule has 2 aliphatic rings. The first-order valence-corrected chi connectivity index (χ1v) is 14.7. The van der Waals surface area contributed by atoms with E-state index in [2.05, 4.69) is 25.2 Å². The number of nitrogens with one attached hydrogen (secondary N) is 1. The van der Waals surface area contributed by atoms with Crippen LogP contribution in [0.1, 0.15) is 47.0 Å². The second-order valence-corrected chi connectivity index (χ2v) is 11.2. The number of halogens is 2. The van der Waals surface area contributed by atoms with Gasteiger partial charge in [0.05, 0.1) is 25.2 Å². The molecule has 12 heteroatoms. The lowest BCUT2D eigenvalue weighted by Gasteiger charge is -2.29. The zero-order chi connectivity index (χ0) is 29.2. The Hall–Kier alpha value is -4.16. The highest BCUT2D eigenvalue weighted by atomic mass is 32.1. The number of nitrogens with two attached hydrogens (primary N) is 1. The number of amides is 1. The van der Waals surface area contributed by atoms with Gasteiger partial charge >= 0.3 is 0 Å². The Morgan fingerprint density at radius 2 is 1.98 bits per heavy atom. The number of aromatic nitrogens is 3. The monoisotopic (exact) mass is 591 g/mol. The molecule has 0 spiro atoms. The van der Waals surface area contributed by atoms with E-state index in [4.69, 9.17) is 10.5 Å². The molecular weight excluding hydrogens is 560 g/mol. The van der Waals surface area contributed by atoms with Crippen LogP contribution >= 0.6 is 11.3 Å². The molecule has 4 aromatic rings. The predicted molar refractivity (Wildman–Crippen MR) is 161 cm³/mol. The van der Waals surface area contributed by atoms with Crippen LogP contribution in [0, 0.1) is 6.92 Å². The van der Waals surface area contributed by atoms with Crippen LogP contribution in [0.5, 0.6) is 0 Å². The van der Waals surface area contributed by atoms with E-state index >= 15 is 0 Å². The second kappa shape index (κ2) is 12.0. The predicted octanol–water partition coefficient (Wildman–Crippen LogP) is 5.42. The van der Waals surface area contributed by atoms with Crippen LogP contribution in [0.3, 0.4) is 0 Å². The first-order valence-electron chi connectivity index (χ1n) is 13.8. The Morgan fingerprint density at radius 3 is 2.69 bits per heavy atom. The van der Waals surface area contributed by atoms with E-state index in [1.165, 1.54) is 23.6 Å². The van der Waals surface area contributed by atoms with Crippen molar-refractivity contribution in [2.24, 2.45) is 4.99 Å². The molecule has 2 aliphatic heterocycles. The molecule has 3 N–H and O–H groups in total. The van der Waals surface area contributed by atoms with Crippen molar-refractivity contribution in [1.29, 1.82) is 0 Å². The first-order chi connectivity index (χ1) is 20.4.